The van der Waals surface area contributed by atoms with Crippen LogP contribution in [0.1, 0.15) is 31.7 Å². The third-order valence-corrected chi connectivity index (χ3v) is 5.96. The van der Waals surface area contributed by atoms with Gasteiger partial charge in [0.1, 0.15) is 5.75 Å². The molecule has 2 rings (SSSR count). The third kappa shape index (κ3) is 4.96. The second kappa shape index (κ2) is 7.81. The summed E-state index contributed by atoms with van der Waals surface area (Å²) in [5.74, 6) is 1.00. The Kier molecular flexibility index (Phi) is 6.04. The van der Waals surface area contributed by atoms with Gasteiger partial charge in [-0.1, -0.05) is 25.5 Å². The summed E-state index contributed by atoms with van der Waals surface area (Å²) in [7, 11) is -1.40. The normalized spacial score (nSPS) is 19.5. The van der Waals surface area contributed by atoms with Crippen molar-refractivity contribution in [3.63, 3.8) is 0 Å². The first-order valence-electron chi connectivity index (χ1n) is 8.08. The van der Waals surface area contributed by atoms with Crippen molar-refractivity contribution in [1.82, 2.24) is 4.90 Å². The molecule has 6 heteroatoms. The van der Waals surface area contributed by atoms with Crippen molar-refractivity contribution < 1.29 is 17.9 Å². The lowest BCUT2D eigenvalue weighted by atomic mass is 10.1. The fraction of sp³-hybridized carbons (Fsp3) is 0.588. The lowest BCUT2D eigenvalue weighted by molar-refractivity contribution is -0.132. The Hall–Kier alpha value is -1.56. The van der Waals surface area contributed by atoms with Crippen LogP contribution in [0.3, 0.4) is 0 Å². The molecule has 0 aromatic heterocycles. The van der Waals surface area contributed by atoms with Gasteiger partial charge in [0.05, 0.1) is 25.0 Å². The van der Waals surface area contributed by atoms with Crippen molar-refractivity contribution in [3.05, 3.63) is 29.8 Å². The third-order valence-electron chi connectivity index (χ3n) is 4.21. The molecule has 1 aliphatic heterocycles. The van der Waals surface area contributed by atoms with E-state index in [1.54, 1.807) is 12.0 Å². The van der Waals surface area contributed by atoms with Crippen LogP contribution in [-0.4, -0.2) is 50.4 Å². The molecule has 1 atom stereocenters. The number of amides is 1. The molecule has 0 spiro atoms. The van der Waals surface area contributed by atoms with Crippen molar-refractivity contribution >= 4 is 15.7 Å². The fourth-order valence-corrected chi connectivity index (χ4v) is 4.65. The molecule has 1 aromatic rings. The zero-order chi connectivity index (χ0) is 16.9. The summed E-state index contributed by atoms with van der Waals surface area (Å²) >= 11 is 0. The lowest BCUT2D eigenvalue weighted by Crippen LogP contribution is -2.42. The Morgan fingerprint density at radius 3 is 2.78 bits per heavy atom. The number of benzene rings is 1. The summed E-state index contributed by atoms with van der Waals surface area (Å²) in [6.07, 6.45) is 2.69. The highest BCUT2D eigenvalue weighted by Crippen LogP contribution is 2.20. The van der Waals surface area contributed by atoms with Gasteiger partial charge in [0.15, 0.2) is 9.84 Å². The van der Waals surface area contributed by atoms with Crippen molar-refractivity contribution in [3.8, 4) is 5.75 Å². The summed E-state index contributed by atoms with van der Waals surface area (Å²) in [5, 5.41) is 0. The van der Waals surface area contributed by atoms with E-state index in [-0.39, 0.29) is 29.9 Å². The summed E-state index contributed by atoms with van der Waals surface area (Å²) in [6.45, 7) is 2.69. The summed E-state index contributed by atoms with van der Waals surface area (Å²) in [5.41, 5.74) is 0.886. The minimum Gasteiger partial charge on any atom is -0.497 e. The molecule has 1 heterocycles. The van der Waals surface area contributed by atoms with Crippen LogP contribution < -0.4 is 4.74 Å². The van der Waals surface area contributed by atoms with E-state index in [4.69, 9.17) is 4.74 Å². The number of sulfone groups is 1. The lowest BCUT2D eigenvalue weighted by Gasteiger charge is -2.28. The van der Waals surface area contributed by atoms with Gasteiger partial charge in [-0.15, -0.1) is 0 Å². The number of carbonyl (C=O) groups is 1. The van der Waals surface area contributed by atoms with Crippen LogP contribution in [0.25, 0.3) is 0 Å². The van der Waals surface area contributed by atoms with E-state index >= 15 is 0 Å². The van der Waals surface area contributed by atoms with Crippen LogP contribution in [0.4, 0.5) is 0 Å². The van der Waals surface area contributed by atoms with Crippen LogP contribution in [-0.2, 0) is 21.1 Å². The van der Waals surface area contributed by atoms with Crippen LogP contribution in [0.15, 0.2) is 24.3 Å². The molecule has 128 valence electrons. The van der Waals surface area contributed by atoms with Gasteiger partial charge in [0, 0.05) is 12.6 Å². The highest BCUT2D eigenvalue weighted by Gasteiger charge is 2.34. The van der Waals surface area contributed by atoms with Gasteiger partial charge in [0.2, 0.25) is 5.91 Å². The molecule has 0 saturated carbocycles. The highest BCUT2D eigenvalue weighted by atomic mass is 32.2. The van der Waals surface area contributed by atoms with Gasteiger partial charge in [-0.2, -0.15) is 0 Å². The fourth-order valence-electron chi connectivity index (χ4n) is 2.92. The topological polar surface area (TPSA) is 63.7 Å². The Morgan fingerprint density at radius 1 is 1.39 bits per heavy atom. The molecule has 1 fully saturated rings. The monoisotopic (exact) mass is 339 g/mol. The second-order valence-electron chi connectivity index (χ2n) is 6.03. The van der Waals surface area contributed by atoms with Gasteiger partial charge in [-0.25, -0.2) is 8.42 Å². The van der Waals surface area contributed by atoms with Crippen LogP contribution in [0.5, 0.6) is 5.75 Å². The SMILES string of the molecule is CCCCN(C(=O)Cc1cccc(OC)c1)C1CCS(=O)(=O)C1. The van der Waals surface area contributed by atoms with Gasteiger partial charge >= 0.3 is 0 Å². The number of carbonyl (C=O) groups excluding carboxylic acids is 1. The molecule has 0 aliphatic carbocycles. The van der Waals surface area contributed by atoms with Gasteiger partial charge in [0.25, 0.3) is 0 Å². The predicted octanol–water partition coefficient (Wildman–Crippen LogP) is 2.05. The molecule has 0 bridgehead atoms. The van der Waals surface area contributed by atoms with Crippen molar-refractivity contribution in [2.75, 3.05) is 25.2 Å². The molecule has 0 N–H and O–H groups in total. The summed E-state index contributed by atoms with van der Waals surface area (Å²) in [6, 6.07) is 7.26. The molecule has 1 saturated heterocycles. The maximum Gasteiger partial charge on any atom is 0.227 e. The van der Waals surface area contributed by atoms with E-state index in [1.807, 2.05) is 24.3 Å². The minimum atomic E-state index is -3.00. The molecule has 5 nitrogen and oxygen atoms in total. The van der Waals surface area contributed by atoms with Crippen molar-refractivity contribution in [2.45, 2.75) is 38.6 Å². The van der Waals surface area contributed by atoms with Gasteiger partial charge in [-0.05, 0) is 30.5 Å². The number of hydrogen-bond donors (Lipinski definition) is 0. The van der Waals surface area contributed by atoms with E-state index in [9.17, 15) is 13.2 Å². The smallest absolute Gasteiger partial charge is 0.227 e. The van der Waals surface area contributed by atoms with Crippen molar-refractivity contribution in [1.29, 1.82) is 0 Å². The molecule has 1 amide bonds. The zero-order valence-electron chi connectivity index (χ0n) is 13.8. The Bertz CT molecular complexity index is 642. The van der Waals surface area contributed by atoms with E-state index in [0.717, 1.165) is 24.2 Å². The van der Waals surface area contributed by atoms with Crippen LogP contribution in [0.2, 0.25) is 0 Å². The molecular formula is C17H25NO4S. The molecule has 1 aliphatic rings. The zero-order valence-corrected chi connectivity index (χ0v) is 14.6. The minimum absolute atomic E-state index is 0.00574. The standard InChI is InChI=1S/C17H25NO4S/c1-3-4-9-18(15-8-10-23(20,21)13-15)17(19)12-14-6-5-7-16(11-14)22-2/h5-7,11,15H,3-4,8-10,12-13H2,1-2H3. The number of unbranched alkanes of at least 4 members (excludes halogenated alkanes) is 1. The first-order valence-corrected chi connectivity index (χ1v) is 9.90. The van der Waals surface area contributed by atoms with Crippen LogP contribution in [0, 0.1) is 0 Å². The number of rotatable bonds is 7. The highest BCUT2D eigenvalue weighted by molar-refractivity contribution is 7.91. The Morgan fingerprint density at radius 2 is 2.17 bits per heavy atom. The summed E-state index contributed by atoms with van der Waals surface area (Å²) < 4.78 is 28.6. The first kappa shape index (κ1) is 17.8. The van der Waals surface area contributed by atoms with E-state index < -0.39 is 9.84 Å². The largest absolute Gasteiger partial charge is 0.497 e. The Labute approximate surface area is 138 Å². The van der Waals surface area contributed by atoms with E-state index in [2.05, 4.69) is 6.92 Å². The van der Waals surface area contributed by atoms with E-state index in [0.29, 0.717) is 13.0 Å². The average Bonchev–Trinajstić information content (AvgIpc) is 2.87. The maximum absolute atomic E-state index is 12.7. The summed E-state index contributed by atoms with van der Waals surface area (Å²) in [4.78, 5) is 14.5. The van der Waals surface area contributed by atoms with Gasteiger partial charge in [-0.3, -0.25) is 4.79 Å². The first-order chi connectivity index (χ1) is 10.9. The number of nitrogens with zero attached hydrogens (tertiary/aromatic N) is 1. The number of hydrogen-bond acceptors (Lipinski definition) is 4. The quantitative estimate of drug-likeness (QED) is 0.763. The average molecular weight is 339 g/mol. The molecule has 1 aromatic carbocycles. The number of methoxy groups -OCH3 is 1. The van der Waals surface area contributed by atoms with Crippen molar-refractivity contribution in [2.24, 2.45) is 0 Å². The van der Waals surface area contributed by atoms with Crippen LogP contribution >= 0.6 is 0 Å². The predicted molar refractivity (Wildman–Crippen MR) is 90.4 cm³/mol. The maximum atomic E-state index is 12.7. The molecule has 1 unspecified atom stereocenters. The van der Waals surface area contributed by atoms with Gasteiger partial charge < -0.3 is 9.64 Å². The number of ether oxygens (including phenoxy) is 1. The molecule has 0 radical (unpaired) electrons. The Balaban J connectivity index is 2.09. The second-order valence-corrected chi connectivity index (χ2v) is 8.25. The van der Waals surface area contributed by atoms with E-state index in [1.165, 1.54) is 0 Å². The molecular weight excluding hydrogens is 314 g/mol. The molecule has 23 heavy (non-hydrogen) atoms.